The van der Waals surface area contributed by atoms with Crippen molar-refractivity contribution < 1.29 is 19.1 Å². The Morgan fingerprint density at radius 2 is 1.85 bits per heavy atom. The molecule has 0 bridgehead atoms. The maximum Gasteiger partial charge on any atom is 0.247 e. The molecule has 3 heterocycles. The van der Waals surface area contributed by atoms with Crippen LogP contribution in [0.1, 0.15) is 18.4 Å². The number of ether oxygens (including phenoxy) is 2. The van der Waals surface area contributed by atoms with Crippen LogP contribution in [0.15, 0.2) is 78.2 Å². The molecule has 0 aliphatic carbocycles. The molecule has 1 N–H and O–H groups in total. The lowest BCUT2D eigenvalue weighted by Crippen LogP contribution is -2.47. The van der Waals surface area contributed by atoms with E-state index in [1.807, 2.05) is 66.9 Å². The van der Waals surface area contributed by atoms with Crippen molar-refractivity contribution in [3.63, 3.8) is 0 Å². The van der Waals surface area contributed by atoms with Crippen molar-refractivity contribution in [2.24, 2.45) is 0 Å². The van der Waals surface area contributed by atoms with Gasteiger partial charge in [-0.05, 0) is 30.7 Å². The fraction of sp³-hybridized carbons (Fsp3) is 0.207. The lowest BCUT2D eigenvalue weighted by atomic mass is 10.1. The number of aromatic nitrogens is 4. The topological polar surface area (TPSA) is 111 Å². The van der Waals surface area contributed by atoms with Gasteiger partial charge in [-0.3, -0.25) is 9.59 Å². The molecule has 10 nitrogen and oxygen atoms in total. The molecule has 202 valence electrons. The highest BCUT2D eigenvalue weighted by molar-refractivity contribution is 7.09. The van der Waals surface area contributed by atoms with Gasteiger partial charge in [0, 0.05) is 22.7 Å². The van der Waals surface area contributed by atoms with Gasteiger partial charge in [-0.1, -0.05) is 54.6 Å². The minimum Gasteiger partial charge on any atom is -0.454 e. The highest BCUT2D eigenvalue weighted by atomic mass is 32.1. The van der Waals surface area contributed by atoms with Gasteiger partial charge in [0.2, 0.25) is 18.6 Å². The van der Waals surface area contributed by atoms with Crippen molar-refractivity contribution in [2.45, 2.75) is 32.5 Å². The summed E-state index contributed by atoms with van der Waals surface area (Å²) in [6, 6.07) is 21.8. The van der Waals surface area contributed by atoms with Crippen molar-refractivity contribution in [2.75, 3.05) is 12.1 Å². The average Bonchev–Trinajstić information content (AvgIpc) is 3.74. The number of carbonyl (C=O) groups is 2. The first kappa shape index (κ1) is 25.5. The molecule has 2 aromatic heterocycles. The van der Waals surface area contributed by atoms with E-state index in [0.717, 1.165) is 21.8 Å². The number of carbonyl (C=O) groups excluding carboxylic acids is 2. The van der Waals surface area contributed by atoms with Crippen LogP contribution in [0.25, 0.3) is 22.3 Å². The second-order valence-electron chi connectivity index (χ2n) is 9.23. The highest BCUT2D eigenvalue weighted by Crippen LogP contribution is 2.34. The normalized spacial score (nSPS) is 12.8. The SMILES string of the molecule is CC[C@H](C(=O)Nc1ccc2c(c1)OCO2)N(Cc1nc(-c2ccccc2)cs1)C(=O)Cn1nnc2ccccc21. The number of fused-ring (bicyclic) bond motifs is 2. The lowest BCUT2D eigenvalue weighted by molar-refractivity contribution is -0.140. The summed E-state index contributed by atoms with van der Waals surface area (Å²) >= 11 is 1.46. The predicted octanol–water partition coefficient (Wildman–Crippen LogP) is 4.73. The molecule has 0 fully saturated rings. The number of anilines is 1. The van der Waals surface area contributed by atoms with Crippen molar-refractivity contribution in [3.8, 4) is 22.8 Å². The van der Waals surface area contributed by atoms with Gasteiger partial charge < -0.3 is 19.7 Å². The van der Waals surface area contributed by atoms with Gasteiger partial charge in [0.1, 0.15) is 23.1 Å². The van der Waals surface area contributed by atoms with Crippen LogP contribution in [0.2, 0.25) is 0 Å². The second kappa shape index (κ2) is 11.1. The Morgan fingerprint density at radius 3 is 2.70 bits per heavy atom. The van der Waals surface area contributed by atoms with Gasteiger partial charge in [0.25, 0.3) is 0 Å². The Balaban J connectivity index is 1.27. The number of thiazole rings is 1. The maximum absolute atomic E-state index is 13.8. The van der Waals surface area contributed by atoms with Crippen LogP contribution >= 0.6 is 11.3 Å². The van der Waals surface area contributed by atoms with E-state index in [2.05, 4.69) is 15.6 Å². The van der Waals surface area contributed by atoms with Crippen LogP contribution in [-0.2, 0) is 22.7 Å². The Morgan fingerprint density at radius 1 is 1.05 bits per heavy atom. The van der Waals surface area contributed by atoms with Crippen LogP contribution in [0.3, 0.4) is 0 Å². The molecule has 6 rings (SSSR count). The molecular formula is C29H26N6O4S. The van der Waals surface area contributed by atoms with Gasteiger partial charge in [0.05, 0.1) is 17.8 Å². The molecule has 1 aliphatic heterocycles. The molecule has 3 aromatic carbocycles. The van der Waals surface area contributed by atoms with Gasteiger partial charge >= 0.3 is 0 Å². The quantitative estimate of drug-likeness (QED) is 0.280. The third-order valence-electron chi connectivity index (χ3n) is 6.66. The summed E-state index contributed by atoms with van der Waals surface area (Å²) in [7, 11) is 0. The van der Waals surface area contributed by atoms with Crippen molar-refractivity contribution in [1.82, 2.24) is 24.9 Å². The van der Waals surface area contributed by atoms with Crippen molar-refractivity contribution >= 4 is 39.9 Å². The summed E-state index contributed by atoms with van der Waals surface area (Å²) in [5.74, 6) is 0.616. The van der Waals surface area contributed by atoms with E-state index in [0.29, 0.717) is 29.1 Å². The maximum atomic E-state index is 13.8. The van der Waals surface area contributed by atoms with Crippen molar-refractivity contribution in [3.05, 3.63) is 83.2 Å². The van der Waals surface area contributed by atoms with E-state index in [4.69, 9.17) is 14.5 Å². The molecule has 0 radical (unpaired) electrons. The monoisotopic (exact) mass is 554 g/mol. The third-order valence-corrected chi connectivity index (χ3v) is 7.49. The highest BCUT2D eigenvalue weighted by Gasteiger charge is 2.30. The first-order valence-corrected chi connectivity index (χ1v) is 13.7. The molecule has 1 atom stereocenters. The summed E-state index contributed by atoms with van der Waals surface area (Å²) in [4.78, 5) is 33.8. The molecule has 1 aliphatic rings. The molecular weight excluding hydrogens is 528 g/mol. The fourth-order valence-electron chi connectivity index (χ4n) is 4.64. The zero-order valence-corrected chi connectivity index (χ0v) is 22.5. The Bertz CT molecular complexity index is 1670. The van der Waals surface area contributed by atoms with E-state index in [1.165, 1.54) is 11.3 Å². The third kappa shape index (κ3) is 5.23. The van der Waals surface area contributed by atoms with Gasteiger partial charge in [-0.15, -0.1) is 16.4 Å². The summed E-state index contributed by atoms with van der Waals surface area (Å²) in [6.07, 6.45) is 0.400. The van der Waals surface area contributed by atoms with E-state index in [1.54, 1.807) is 27.8 Å². The van der Waals surface area contributed by atoms with Gasteiger partial charge in [-0.2, -0.15) is 0 Å². The summed E-state index contributed by atoms with van der Waals surface area (Å²) in [5.41, 5.74) is 3.82. The standard InChI is InChI=1S/C29H26N6O4S/c1-2-23(29(37)30-20-12-13-25-26(14-20)39-18-38-25)34(15-27-31-22(17-40-27)19-8-4-3-5-9-19)28(36)16-35-24-11-7-6-10-21(24)32-33-35/h3-14,17,23H,2,15-16,18H2,1H3,(H,30,37)/t23-/m1/s1. The Labute approximate surface area is 234 Å². The minimum atomic E-state index is -0.753. The predicted molar refractivity (Wildman–Crippen MR) is 151 cm³/mol. The number of nitrogens with zero attached hydrogens (tertiary/aromatic N) is 5. The Hall–Kier alpha value is -4.77. The first-order chi connectivity index (χ1) is 19.6. The van der Waals surface area contributed by atoms with E-state index in [9.17, 15) is 9.59 Å². The minimum absolute atomic E-state index is 0.0643. The van der Waals surface area contributed by atoms with Crippen LogP contribution in [0.5, 0.6) is 11.5 Å². The van der Waals surface area contributed by atoms with E-state index < -0.39 is 6.04 Å². The van der Waals surface area contributed by atoms with Crippen LogP contribution < -0.4 is 14.8 Å². The van der Waals surface area contributed by atoms with Gasteiger partial charge in [-0.25, -0.2) is 9.67 Å². The number of para-hydroxylation sites is 1. The smallest absolute Gasteiger partial charge is 0.247 e. The van der Waals surface area contributed by atoms with Crippen LogP contribution in [0.4, 0.5) is 5.69 Å². The molecule has 11 heteroatoms. The fourth-order valence-corrected chi connectivity index (χ4v) is 5.44. The Kier molecular flexibility index (Phi) is 7.11. The number of hydrogen-bond donors (Lipinski definition) is 1. The van der Waals surface area contributed by atoms with Crippen LogP contribution in [-0.4, -0.2) is 49.5 Å². The van der Waals surface area contributed by atoms with Gasteiger partial charge in [0.15, 0.2) is 11.5 Å². The number of amides is 2. The number of benzene rings is 3. The zero-order chi connectivity index (χ0) is 27.5. The molecule has 5 aromatic rings. The number of nitrogens with one attached hydrogen (secondary N) is 1. The average molecular weight is 555 g/mol. The van der Waals surface area contributed by atoms with E-state index >= 15 is 0 Å². The van der Waals surface area contributed by atoms with Crippen LogP contribution in [0, 0.1) is 0 Å². The molecule has 2 amide bonds. The second-order valence-corrected chi connectivity index (χ2v) is 10.2. The molecule has 0 saturated carbocycles. The molecule has 0 spiro atoms. The largest absolute Gasteiger partial charge is 0.454 e. The summed E-state index contributed by atoms with van der Waals surface area (Å²) < 4.78 is 12.4. The van der Waals surface area contributed by atoms with E-state index in [-0.39, 0.29) is 31.7 Å². The number of rotatable bonds is 9. The van der Waals surface area contributed by atoms with Crippen molar-refractivity contribution in [1.29, 1.82) is 0 Å². The molecule has 40 heavy (non-hydrogen) atoms. The lowest BCUT2D eigenvalue weighted by Gasteiger charge is -2.29. The summed E-state index contributed by atoms with van der Waals surface area (Å²) in [5, 5.41) is 14.0. The molecule has 0 saturated heterocycles. The zero-order valence-electron chi connectivity index (χ0n) is 21.7. The summed E-state index contributed by atoms with van der Waals surface area (Å²) in [6.45, 7) is 2.13. The number of hydrogen-bond acceptors (Lipinski definition) is 8. The molecule has 0 unspecified atom stereocenters. The first-order valence-electron chi connectivity index (χ1n) is 12.9.